The number of amides is 1. The van der Waals surface area contributed by atoms with Crippen LogP contribution in [0.1, 0.15) is 21.5 Å². The van der Waals surface area contributed by atoms with Gasteiger partial charge in [0.05, 0.1) is 32.5 Å². The molecule has 0 fully saturated rings. The number of benzene rings is 2. The summed E-state index contributed by atoms with van der Waals surface area (Å²) in [4.78, 5) is 17.2. The summed E-state index contributed by atoms with van der Waals surface area (Å²) in [6.45, 7) is 2.38. The summed E-state index contributed by atoms with van der Waals surface area (Å²) in [7, 11) is 3.23. The normalized spacial score (nSPS) is 10.8. The fraction of sp³-hybridized carbons (Fsp3) is 0.174. The summed E-state index contributed by atoms with van der Waals surface area (Å²) < 4.78 is 12.5. The molecule has 0 aliphatic heterocycles. The van der Waals surface area contributed by atoms with E-state index in [0.29, 0.717) is 34.2 Å². The molecule has 8 heteroatoms. The van der Waals surface area contributed by atoms with Crippen LogP contribution in [0.4, 0.5) is 5.69 Å². The van der Waals surface area contributed by atoms with Crippen LogP contribution >= 0.6 is 11.6 Å². The molecule has 4 rings (SSSR count). The Hall–Kier alpha value is -3.58. The SMILES string of the molecule is COc1ccc(Cn2ncc3cc(C(=O)Nc4cc(Cl)ccc4C)cnc32)c(OC)c1. The van der Waals surface area contributed by atoms with E-state index in [-0.39, 0.29) is 5.91 Å². The molecule has 0 aliphatic carbocycles. The van der Waals surface area contributed by atoms with Crippen LogP contribution in [0, 0.1) is 6.92 Å². The number of aryl methyl sites for hydroxylation is 1. The lowest BCUT2D eigenvalue weighted by molar-refractivity contribution is 0.102. The molecule has 2 aromatic carbocycles. The molecule has 2 aromatic heterocycles. The number of rotatable bonds is 6. The van der Waals surface area contributed by atoms with E-state index in [1.807, 2.05) is 31.2 Å². The number of aromatic nitrogens is 3. The molecule has 0 radical (unpaired) electrons. The Kier molecular flexibility index (Phi) is 5.77. The van der Waals surface area contributed by atoms with E-state index in [1.165, 1.54) is 0 Å². The van der Waals surface area contributed by atoms with Gasteiger partial charge in [0.25, 0.3) is 5.91 Å². The molecule has 0 atom stereocenters. The van der Waals surface area contributed by atoms with Crippen LogP contribution in [-0.2, 0) is 6.54 Å². The Balaban J connectivity index is 1.58. The first kappa shape index (κ1) is 20.7. The summed E-state index contributed by atoms with van der Waals surface area (Å²) >= 11 is 6.04. The monoisotopic (exact) mass is 436 g/mol. The second-order valence-electron chi connectivity index (χ2n) is 7.03. The average molecular weight is 437 g/mol. The number of hydrogen-bond donors (Lipinski definition) is 1. The van der Waals surface area contributed by atoms with E-state index >= 15 is 0 Å². The van der Waals surface area contributed by atoms with E-state index in [1.54, 1.807) is 49.5 Å². The highest BCUT2D eigenvalue weighted by molar-refractivity contribution is 6.31. The topological polar surface area (TPSA) is 78.3 Å². The van der Waals surface area contributed by atoms with Crippen molar-refractivity contribution in [3.05, 3.63) is 76.6 Å². The molecule has 2 heterocycles. The number of fused-ring (bicyclic) bond motifs is 1. The highest BCUT2D eigenvalue weighted by atomic mass is 35.5. The zero-order valence-electron chi connectivity index (χ0n) is 17.3. The fourth-order valence-corrected chi connectivity index (χ4v) is 3.45. The predicted octanol–water partition coefficient (Wildman–Crippen LogP) is 4.71. The Morgan fingerprint density at radius 1 is 1.10 bits per heavy atom. The van der Waals surface area contributed by atoms with Gasteiger partial charge in [0.1, 0.15) is 11.5 Å². The van der Waals surface area contributed by atoms with E-state index in [0.717, 1.165) is 22.3 Å². The van der Waals surface area contributed by atoms with Gasteiger partial charge in [-0.05, 0) is 42.8 Å². The van der Waals surface area contributed by atoms with E-state index in [2.05, 4.69) is 15.4 Å². The Bertz CT molecular complexity index is 1270. The lowest BCUT2D eigenvalue weighted by Gasteiger charge is -2.11. The van der Waals surface area contributed by atoms with Gasteiger partial charge in [-0.2, -0.15) is 5.10 Å². The largest absolute Gasteiger partial charge is 0.497 e. The van der Waals surface area contributed by atoms with Crippen LogP contribution < -0.4 is 14.8 Å². The third kappa shape index (κ3) is 4.32. The van der Waals surface area contributed by atoms with Gasteiger partial charge in [-0.15, -0.1) is 0 Å². The molecular formula is C23H21ClN4O3. The maximum absolute atomic E-state index is 12.7. The standard InChI is InChI=1S/C23H21ClN4O3/c1-14-4-6-18(24)9-20(14)27-23(29)17-8-16-12-26-28(22(16)25-11-17)13-15-5-7-19(30-2)10-21(15)31-3/h4-12H,13H2,1-3H3,(H,27,29). The van der Waals surface area contributed by atoms with Crippen molar-refractivity contribution in [3.63, 3.8) is 0 Å². The second kappa shape index (κ2) is 8.65. The zero-order valence-corrected chi connectivity index (χ0v) is 18.1. The lowest BCUT2D eigenvalue weighted by atomic mass is 10.1. The van der Waals surface area contributed by atoms with E-state index in [9.17, 15) is 4.79 Å². The van der Waals surface area contributed by atoms with Gasteiger partial charge >= 0.3 is 0 Å². The minimum atomic E-state index is -0.260. The third-order valence-electron chi connectivity index (χ3n) is 5.00. The van der Waals surface area contributed by atoms with Gasteiger partial charge in [-0.1, -0.05) is 17.7 Å². The van der Waals surface area contributed by atoms with Crippen molar-refractivity contribution in [2.24, 2.45) is 0 Å². The summed E-state index contributed by atoms with van der Waals surface area (Å²) in [6.07, 6.45) is 3.24. The van der Waals surface area contributed by atoms with Gasteiger partial charge in [0.2, 0.25) is 0 Å². The first-order chi connectivity index (χ1) is 15.0. The summed E-state index contributed by atoms with van der Waals surface area (Å²) in [5.41, 5.74) is 3.64. The first-order valence-corrected chi connectivity index (χ1v) is 9.96. The number of carbonyl (C=O) groups excluding carboxylic acids is 1. The van der Waals surface area contributed by atoms with Gasteiger partial charge in [-0.25, -0.2) is 9.67 Å². The molecule has 158 valence electrons. The van der Waals surface area contributed by atoms with Crippen molar-refractivity contribution in [2.45, 2.75) is 13.5 Å². The van der Waals surface area contributed by atoms with Crippen molar-refractivity contribution in [1.29, 1.82) is 0 Å². The number of anilines is 1. The third-order valence-corrected chi connectivity index (χ3v) is 5.24. The number of hydrogen-bond acceptors (Lipinski definition) is 5. The van der Waals surface area contributed by atoms with E-state index in [4.69, 9.17) is 21.1 Å². The molecule has 0 bridgehead atoms. The van der Waals surface area contributed by atoms with Crippen LogP contribution in [0.25, 0.3) is 11.0 Å². The fourth-order valence-electron chi connectivity index (χ4n) is 3.28. The number of methoxy groups -OCH3 is 2. The molecule has 0 unspecified atom stereocenters. The second-order valence-corrected chi connectivity index (χ2v) is 7.47. The van der Waals surface area contributed by atoms with Crippen LogP contribution in [0.3, 0.4) is 0 Å². The van der Waals surface area contributed by atoms with Crippen LogP contribution in [0.2, 0.25) is 5.02 Å². The van der Waals surface area contributed by atoms with Crippen LogP contribution in [0.5, 0.6) is 11.5 Å². The molecule has 1 N–H and O–H groups in total. The van der Waals surface area contributed by atoms with Gasteiger partial charge in [0.15, 0.2) is 5.65 Å². The quantitative estimate of drug-likeness (QED) is 0.473. The molecular weight excluding hydrogens is 416 g/mol. The minimum Gasteiger partial charge on any atom is -0.497 e. The van der Waals surface area contributed by atoms with E-state index < -0.39 is 0 Å². The number of nitrogens with zero attached hydrogens (tertiary/aromatic N) is 3. The molecule has 0 aliphatic rings. The van der Waals surface area contributed by atoms with Crippen LogP contribution in [0.15, 0.2) is 54.9 Å². The molecule has 0 saturated carbocycles. The summed E-state index contributed by atoms with van der Waals surface area (Å²) in [5, 5.41) is 8.65. The van der Waals surface area contributed by atoms with Crippen molar-refractivity contribution < 1.29 is 14.3 Å². The van der Waals surface area contributed by atoms with Gasteiger partial charge in [0, 0.05) is 33.9 Å². The highest BCUT2D eigenvalue weighted by Gasteiger charge is 2.14. The molecule has 4 aromatic rings. The van der Waals surface area contributed by atoms with Crippen LogP contribution in [-0.4, -0.2) is 34.9 Å². The maximum atomic E-state index is 12.7. The minimum absolute atomic E-state index is 0.260. The highest BCUT2D eigenvalue weighted by Crippen LogP contribution is 2.26. The number of ether oxygens (including phenoxy) is 2. The molecule has 7 nitrogen and oxygen atoms in total. The Morgan fingerprint density at radius 2 is 1.94 bits per heavy atom. The molecule has 0 spiro atoms. The number of pyridine rings is 1. The molecule has 1 amide bonds. The smallest absolute Gasteiger partial charge is 0.257 e. The Labute approximate surface area is 184 Å². The van der Waals surface area contributed by atoms with Gasteiger partial charge in [-0.3, -0.25) is 4.79 Å². The average Bonchev–Trinajstić information content (AvgIpc) is 3.18. The molecule has 31 heavy (non-hydrogen) atoms. The van der Waals surface area contributed by atoms with Crippen molar-refractivity contribution in [1.82, 2.24) is 14.8 Å². The van der Waals surface area contributed by atoms with Crippen molar-refractivity contribution in [2.75, 3.05) is 19.5 Å². The summed E-state index contributed by atoms with van der Waals surface area (Å²) in [5.74, 6) is 1.16. The zero-order chi connectivity index (χ0) is 22.0. The summed E-state index contributed by atoms with van der Waals surface area (Å²) in [6, 6.07) is 12.8. The van der Waals surface area contributed by atoms with Gasteiger partial charge < -0.3 is 14.8 Å². The lowest BCUT2D eigenvalue weighted by Crippen LogP contribution is -2.13. The predicted molar refractivity (Wildman–Crippen MR) is 120 cm³/mol. The molecule has 0 saturated heterocycles. The number of halogens is 1. The van der Waals surface area contributed by atoms with Crippen molar-refractivity contribution >= 4 is 34.2 Å². The maximum Gasteiger partial charge on any atom is 0.257 e. The Morgan fingerprint density at radius 3 is 2.71 bits per heavy atom. The first-order valence-electron chi connectivity index (χ1n) is 9.58. The number of nitrogens with one attached hydrogen (secondary N) is 1. The number of carbonyl (C=O) groups is 1. The van der Waals surface area contributed by atoms with Crippen molar-refractivity contribution in [3.8, 4) is 11.5 Å².